The van der Waals surface area contributed by atoms with Gasteiger partial charge in [-0.1, -0.05) is 24.3 Å². The van der Waals surface area contributed by atoms with Crippen LogP contribution in [0.4, 0.5) is 0 Å². The van der Waals surface area contributed by atoms with Gasteiger partial charge in [-0.2, -0.15) is 0 Å². The summed E-state index contributed by atoms with van der Waals surface area (Å²) < 4.78 is 35.5. The lowest BCUT2D eigenvalue weighted by atomic mass is 9.76. The minimum absolute atomic E-state index is 0.0835. The van der Waals surface area contributed by atoms with Crippen LogP contribution in [-0.2, 0) is 29.0 Å². The molecule has 3 heterocycles. The highest BCUT2D eigenvalue weighted by molar-refractivity contribution is 5.95. The molecule has 5 rings (SSSR count). The summed E-state index contributed by atoms with van der Waals surface area (Å²) in [6.45, 7) is 8.99. The summed E-state index contributed by atoms with van der Waals surface area (Å²) in [6.07, 6.45) is 13.1. The minimum Gasteiger partial charge on any atom is -0.493 e. The van der Waals surface area contributed by atoms with Crippen molar-refractivity contribution in [3.63, 3.8) is 0 Å². The maximum absolute atomic E-state index is 14.6. The van der Waals surface area contributed by atoms with E-state index in [0.717, 1.165) is 55.7 Å². The Hall–Kier alpha value is -4.81. The molecule has 2 aliphatic rings. The zero-order valence-electron chi connectivity index (χ0n) is 33.6. The van der Waals surface area contributed by atoms with Gasteiger partial charge in [0.15, 0.2) is 28.8 Å². The molecule has 1 aromatic heterocycles. The maximum Gasteiger partial charge on any atom is 0.229 e. The first-order valence-corrected chi connectivity index (χ1v) is 19.2. The van der Waals surface area contributed by atoms with Gasteiger partial charge >= 0.3 is 0 Å². The topological polar surface area (TPSA) is 114 Å². The van der Waals surface area contributed by atoms with Gasteiger partial charge in [-0.05, 0) is 107 Å². The monoisotopic (exact) mass is 758 g/mol. The molecule has 0 saturated carbocycles. The molecule has 2 aromatic carbocycles. The summed E-state index contributed by atoms with van der Waals surface area (Å²) in [5.41, 5.74) is 2.19. The first-order chi connectivity index (χ1) is 26.7. The number of imidazole rings is 1. The van der Waals surface area contributed by atoms with E-state index in [9.17, 15) is 9.59 Å². The molecule has 3 aromatic rings. The molecule has 298 valence electrons. The number of carbonyl (C=O) groups is 2. The normalized spacial score (nSPS) is 18.1. The number of hydrogen-bond acceptors (Lipinski definition) is 10. The fourth-order valence-electron chi connectivity index (χ4n) is 7.85. The van der Waals surface area contributed by atoms with Crippen molar-refractivity contribution < 1.29 is 38.0 Å². The molecule has 0 radical (unpaired) electrons. The lowest BCUT2D eigenvalue weighted by Crippen LogP contribution is -2.42. The highest BCUT2D eigenvalue weighted by Crippen LogP contribution is 2.43. The Morgan fingerprint density at radius 3 is 2.20 bits per heavy atom. The standard InChI is InChI=1S/C43H58N4O8/c1-8-10-11-12-34-29-44-41(47(34)23-24-55-9-2)39(48)33-15-19-45(20-16-33)21-17-43(28-31-13-14-35(50-3)36(25-31)51-4)18-22-46(42(43)49)30-32-26-37(52-5)40(54-7)38(27-32)53-6/h8,10-14,25-27,29,33H,9,15-24,28,30H2,1-7H3/b10-8-,12-11-. The molecule has 55 heavy (non-hydrogen) atoms. The number of rotatable bonds is 20. The van der Waals surface area contributed by atoms with Crippen molar-refractivity contribution in [3.8, 4) is 28.7 Å². The Kier molecular flexibility index (Phi) is 14.8. The van der Waals surface area contributed by atoms with Gasteiger partial charge in [0.1, 0.15) is 0 Å². The number of amides is 1. The fourth-order valence-corrected chi connectivity index (χ4v) is 7.85. The lowest BCUT2D eigenvalue weighted by molar-refractivity contribution is -0.137. The smallest absolute Gasteiger partial charge is 0.229 e. The minimum atomic E-state index is -0.616. The molecule has 0 aliphatic carbocycles. The molecule has 1 amide bonds. The number of ketones is 1. The van der Waals surface area contributed by atoms with Gasteiger partial charge in [-0.15, -0.1) is 0 Å². The first-order valence-electron chi connectivity index (χ1n) is 19.2. The highest BCUT2D eigenvalue weighted by atomic mass is 16.5. The second kappa shape index (κ2) is 19.7. The summed E-state index contributed by atoms with van der Waals surface area (Å²) in [7, 11) is 8.01. The Bertz CT molecular complexity index is 1790. The van der Waals surface area contributed by atoms with Gasteiger partial charge in [0, 0.05) is 32.2 Å². The van der Waals surface area contributed by atoms with Crippen LogP contribution in [0.3, 0.4) is 0 Å². The third kappa shape index (κ3) is 9.71. The number of hydrogen-bond donors (Lipinski definition) is 0. The van der Waals surface area contributed by atoms with Crippen molar-refractivity contribution in [1.82, 2.24) is 19.4 Å². The van der Waals surface area contributed by atoms with E-state index in [0.29, 0.717) is 80.3 Å². The van der Waals surface area contributed by atoms with E-state index in [-0.39, 0.29) is 17.6 Å². The predicted molar refractivity (Wildman–Crippen MR) is 212 cm³/mol. The summed E-state index contributed by atoms with van der Waals surface area (Å²) in [4.78, 5) is 37.5. The van der Waals surface area contributed by atoms with Crippen LogP contribution in [0.25, 0.3) is 6.08 Å². The SMILES string of the molecule is C/C=C\C=C/c1cnc(C(=O)C2CCN(CCC3(Cc4ccc(OC)c(OC)c4)CCN(Cc4cc(OC)c(OC)c(OC)c4)C3=O)CC2)n1CCOCC. The van der Waals surface area contributed by atoms with E-state index >= 15 is 0 Å². The fraction of sp³-hybridized carbons (Fsp3) is 0.512. The molecule has 1 unspecified atom stereocenters. The molecule has 0 N–H and O–H groups in total. The Balaban J connectivity index is 1.31. The van der Waals surface area contributed by atoms with Crippen LogP contribution in [0.15, 0.2) is 54.8 Å². The van der Waals surface area contributed by atoms with Crippen LogP contribution in [0.2, 0.25) is 0 Å². The molecule has 0 bridgehead atoms. The van der Waals surface area contributed by atoms with Gasteiger partial charge < -0.3 is 42.8 Å². The highest BCUT2D eigenvalue weighted by Gasteiger charge is 2.46. The van der Waals surface area contributed by atoms with Crippen LogP contribution in [0, 0.1) is 11.3 Å². The number of methoxy groups -OCH3 is 5. The number of Topliss-reactive ketones (excluding diaryl/α,β-unsaturated/α-hetero) is 1. The number of nitrogens with zero attached hydrogens (tertiary/aromatic N) is 4. The van der Waals surface area contributed by atoms with Crippen LogP contribution in [0.1, 0.15) is 67.0 Å². The summed E-state index contributed by atoms with van der Waals surface area (Å²) in [5, 5.41) is 0. The van der Waals surface area contributed by atoms with Crippen LogP contribution < -0.4 is 23.7 Å². The van der Waals surface area contributed by atoms with Crippen molar-refractivity contribution in [2.75, 3.05) is 74.9 Å². The van der Waals surface area contributed by atoms with E-state index in [1.807, 2.05) is 78.0 Å². The van der Waals surface area contributed by atoms with Crippen molar-refractivity contribution in [3.05, 3.63) is 77.4 Å². The molecule has 12 heteroatoms. The zero-order chi connectivity index (χ0) is 39.4. The third-order valence-corrected chi connectivity index (χ3v) is 10.9. The molecule has 2 aliphatic heterocycles. The molecule has 2 fully saturated rings. The molecule has 0 spiro atoms. The summed E-state index contributed by atoms with van der Waals surface area (Å²) in [5.74, 6) is 3.51. The van der Waals surface area contributed by atoms with Crippen molar-refractivity contribution in [2.24, 2.45) is 11.3 Å². The average Bonchev–Trinajstić information content (AvgIpc) is 3.75. The molecule has 12 nitrogen and oxygen atoms in total. The maximum atomic E-state index is 14.6. The van der Waals surface area contributed by atoms with Crippen molar-refractivity contribution in [2.45, 2.75) is 59.0 Å². The van der Waals surface area contributed by atoms with Crippen molar-refractivity contribution in [1.29, 1.82) is 0 Å². The number of carbonyl (C=O) groups excluding carboxylic acids is 2. The van der Waals surface area contributed by atoms with Crippen molar-refractivity contribution >= 4 is 17.8 Å². The van der Waals surface area contributed by atoms with Crippen LogP contribution in [-0.4, -0.2) is 106 Å². The van der Waals surface area contributed by atoms with Gasteiger partial charge in [0.05, 0.1) is 59.5 Å². The number of ether oxygens (including phenoxy) is 6. The van der Waals surface area contributed by atoms with Gasteiger partial charge in [-0.25, -0.2) is 4.98 Å². The molecule has 1 atom stereocenters. The quantitative estimate of drug-likeness (QED) is 0.0719. The van der Waals surface area contributed by atoms with E-state index in [1.165, 1.54) is 0 Å². The Morgan fingerprint density at radius 1 is 0.873 bits per heavy atom. The van der Waals surface area contributed by atoms with E-state index < -0.39 is 5.41 Å². The van der Waals surface area contributed by atoms with Crippen LogP contribution in [0.5, 0.6) is 28.7 Å². The number of allylic oxidation sites excluding steroid dienone is 3. The zero-order valence-corrected chi connectivity index (χ0v) is 33.6. The molecular weight excluding hydrogens is 700 g/mol. The summed E-state index contributed by atoms with van der Waals surface area (Å²) in [6, 6.07) is 9.71. The number of likely N-dealkylation sites (tertiary alicyclic amines) is 2. The van der Waals surface area contributed by atoms with Gasteiger partial charge in [-0.3, -0.25) is 9.59 Å². The molecular formula is C43H58N4O8. The average molecular weight is 759 g/mol. The predicted octanol–water partition coefficient (Wildman–Crippen LogP) is 6.50. The number of benzene rings is 2. The lowest BCUT2D eigenvalue weighted by Gasteiger charge is -2.35. The first kappa shape index (κ1) is 41.4. The van der Waals surface area contributed by atoms with E-state index in [4.69, 9.17) is 28.4 Å². The number of piperidine rings is 1. The largest absolute Gasteiger partial charge is 0.493 e. The van der Waals surface area contributed by atoms with Gasteiger partial charge in [0.2, 0.25) is 17.4 Å². The van der Waals surface area contributed by atoms with E-state index in [2.05, 4.69) is 9.88 Å². The Morgan fingerprint density at radius 2 is 1.56 bits per heavy atom. The summed E-state index contributed by atoms with van der Waals surface area (Å²) >= 11 is 0. The van der Waals surface area contributed by atoms with Crippen LogP contribution >= 0.6 is 0 Å². The Labute approximate surface area is 326 Å². The number of aromatic nitrogens is 2. The van der Waals surface area contributed by atoms with E-state index in [1.54, 1.807) is 41.7 Å². The second-order valence-electron chi connectivity index (χ2n) is 14.1. The second-order valence-corrected chi connectivity index (χ2v) is 14.1. The third-order valence-electron chi connectivity index (χ3n) is 10.9. The molecule has 2 saturated heterocycles. The van der Waals surface area contributed by atoms with Gasteiger partial charge in [0.25, 0.3) is 0 Å².